The number of nitrogens with zero attached hydrogens (tertiary/aromatic N) is 1. The van der Waals surface area contributed by atoms with Gasteiger partial charge in [-0.3, -0.25) is 4.90 Å². The van der Waals surface area contributed by atoms with Crippen LogP contribution >= 0.6 is 0 Å². The van der Waals surface area contributed by atoms with Crippen molar-refractivity contribution in [3.63, 3.8) is 0 Å². The lowest BCUT2D eigenvalue weighted by Crippen LogP contribution is -2.49. The van der Waals surface area contributed by atoms with Gasteiger partial charge in [-0.25, -0.2) is 4.39 Å². The molecule has 0 bridgehead atoms. The minimum absolute atomic E-state index is 0.0341. The maximum atomic E-state index is 13.4. The molecule has 1 fully saturated rings. The van der Waals surface area contributed by atoms with E-state index in [0.717, 1.165) is 31.4 Å². The molecule has 1 aromatic rings. The fourth-order valence-corrected chi connectivity index (χ4v) is 3.07. The second kappa shape index (κ2) is 6.46. The van der Waals surface area contributed by atoms with Crippen molar-refractivity contribution >= 4 is 0 Å². The van der Waals surface area contributed by atoms with Gasteiger partial charge >= 0.3 is 0 Å². The summed E-state index contributed by atoms with van der Waals surface area (Å²) in [4.78, 5) is 2.24. The molecule has 0 saturated carbocycles. The second-order valence-electron chi connectivity index (χ2n) is 5.43. The SMILES string of the molecule is CC(N)C(c1cccc(F)c1)N1CCCCC1CO. The number of likely N-dealkylation sites (tertiary alicyclic amines) is 1. The van der Waals surface area contributed by atoms with Crippen LogP contribution in [0.15, 0.2) is 24.3 Å². The molecule has 1 aromatic carbocycles. The molecule has 3 atom stereocenters. The van der Waals surface area contributed by atoms with E-state index in [-0.39, 0.29) is 30.5 Å². The molecule has 3 unspecified atom stereocenters. The minimum Gasteiger partial charge on any atom is -0.395 e. The van der Waals surface area contributed by atoms with E-state index in [1.54, 1.807) is 12.1 Å². The van der Waals surface area contributed by atoms with E-state index in [4.69, 9.17) is 5.73 Å². The minimum atomic E-state index is -0.235. The molecule has 0 spiro atoms. The molecule has 1 aliphatic heterocycles. The van der Waals surface area contributed by atoms with Gasteiger partial charge in [-0.15, -0.1) is 0 Å². The third kappa shape index (κ3) is 3.32. The first kappa shape index (κ1) is 14.4. The number of benzene rings is 1. The molecule has 3 N–H and O–H groups in total. The van der Waals surface area contributed by atoms with Crippen LogP contribution in [0.5, 0.6) is 0 Å². The van der Waals surface area contributed by atoms with E-state index in [2.05, 4.69) is 4.90 Å². The van der Waals surface area contributed by atoms with Gasteiger partial charge in [0.2, 0.25) is 0 Å². The summed E-state index contributed by atoms with van der Waals surface area (Å²) in [6.07, 6.45) is 3.22. The van der Waals surface area contributed by atoms with Crippen LogP contribution < -0.4 is 5.73 Å². The van der Waals surface area contributed by atoms with Crippen LogP contribution in [0, 0.1) is 5.82 Å². The third-order valence-electron chi connectivity index (χ3n) is 3.93. The van der Waals surface area contributed by atoms with Gasteiger partial charge < -0.3 is 10.8 Å². The summed E-state index contributed by atoms with van der Waals surface area (Å²) in [6, 6.07) is 6.63. The zero-order valence-corrected chi connectivity index (χ0v) is 11.4. The van der Waals surface area contributed by atoms with Crippen molar-refractivity contribution in [3.8, 4) is 0 Å². The summed E-state index contributed by atoms with van der Waals surface area (Å²) >= 11 is 0. The number of nitrogens with two attached hydrogens (primary N) is 1. The molecule has 2 rings (SSSR count). The van der Waals surface area contributed by atoms with Crippen LogP contribution in [0.3, 0.4) is 0 Å². The fourth-order valence-electron chi connectivity index (χ4n) is 3.07. The summed E-state index contributed by atoms with van der Waals surface area (Å²) in [7, 11) is 0. The highest BCUT2D eigenvalue weighted by atomic mass is 19.1. The maximum absolute atomic E-state index is 13.4. The Labute approximate surface area is 114 Å². The van der Waals surface area contributed by atoms with Crippen LogP contribution in [0.2, 0.25) is 0 Å². The van der Waals surface area contributed by atoms with Gasteiger partial charge in [0, 0.05) is 12.1 Å². The Kier molecular flexibility index (Phi) is 4.91. The average molecular weight is 266 g/mol. The topological polar surface area (TPSA) is 49.5 Å². The molecule has 0 radical (unpaired) electrons. The molecular weight excluding hydrogens is 243 g/mol. The third-order valence-corrected chi connectivity index (χ3v) is 3.93. The smallest absolute Gasteiger partial charge is 0.123 e. The first-order valence-corrected chi connectivity index (χ1v) is 7.01. The van der Waals surface area contributed by atoms with Crippen molar-refractivity contribution in [3.05, 3.63) is 35.6 Å². The lowest BCUT2D eigenvalue weighted by molar-refractivity contribution is 0.0443. The quantitative estimate of drug-likeness (QED) is 0.877. The number of hydrogen-bond donors (Lipinski definition) is 2. The number of halogens is 1. The first-order chi connectivity index (χ1) is 9.13. The number of aliphatic hydroxyl groups excluding tert-OH is 1. The molecule has 1 saturated heterocycles. The van der Waals surface area contributed by atoms with Crippen molar-refractivity contribution in [2.75, 3.05) is 13.2 Å². The van der Waals surface area contributed by atoms with Crippen LogP contribution in [0.25, 0.3) is 0 Å². The molecule has 1 heterocycles. The van der Waals surface area contributed by atoms with Gasteiger partial charge in [0.05, 0.1) is 12.6 Å². The summed E-state index contributed by atoms with van der Waals surface area (Å²) in [6.45, 7) is 2.99. The van der Waals surface area contributed by atoms with E-state index < -0.39 is 0 Å². The Hall–Kier alpha value is -0.970. The summed E-state index contributed by atoms with van der Waals surface area (Å²) in [5.41, 5.74) is 7.02. The summed E-state index contributed by atoms with van der Waals surface area (Å²) in [5.74, 6) is -0.235. The first-order valence-electron chi connectivity index (χ1n) is 7.01. The zero-order chi connectivity index (χ0) is 13.8. The van der Waals surface area contributed by atoms with Crippen LogP contribution in [0.4, 0.5) is 4.39 Å². The molecule has 3 nitrogen and oxygen atoms in total. The van der Waals surface area contributed by atoms with Gasteiger partial charge in [0.1, 0.15) is 5.82 Å². The predicted molar refractivity (Wildman–Crippen MR) is 74.2 cm³/mol. The number of rotatable bonds is 4. The molecule has 0 amide bonds. The lowest BCUT2D eigenvalue weighted by atomic mass is 9.93. The number of hydrogen-bond acceptors (Lipinski definition) is 3. The summed E-state index contributed by atoms with van der Waals surface area (Å²) < 4.78 is 13.4. The highest BCUT2D eigenvalue weighted by Crippen LogP contribution is 2.30. The van der Waals surface area contributed by atoms with Gasteiger partial charge in [-0.2, -0.15) is 0 Å². The lowest BCUT2D eigenvalue weighted by Gasteiger charge is -2.42. The Morgan fingerprint density at radius 2 is 2.26 bits per heavy atom. The molecule has 4 heteroatoms. The van der Waals surface area contributed by atoms with Crippen LogP contribution in [-0.4, -0.2) is 35.2 Å². The molecule has 0 aromatic heterocycles. The largest absolute Gasteiger partial charge is 0.395 e. The monoisotopic (exact) mass is 266 g/mol. The highest BCUT2D eigenvalue weighted by Gasteiger charge is 2.31. The number of aliphatic hydroxyl groups is 1. The Morgan fingerprint density at radius 3 is 2.89 bits per heavy atom. The van der Waals surface area contributed by atoms with Crippen LogP contribution in [-0.2, 0) is 0 Å². The molecular formula is C15H23FN2O. The molecule has 19 heavy (non-hydrogen) atoms. The zero-order valence-electron chi connectivity index (χ0n) is 11.4. The van der Waals surface area contributed by atoms with Crippen LogP contribution in [0.1, 0.15) is 37.8 Å². The van der Waals surface area contributed by atoms with Crippen molar-refractivity contribution < 1.29 is 9.50 Å². The van der Waals surface area contributed by atoms with Crippen molar-refractivity contribution in [2.24, 2.45) is 5.73 Å². The van der Waals surface area contributed by atoms with E-state index >= 15 is 0 Å². The van der Waals surface area contributed by atoms with Crippen molar-refractivity contribution in [1.82, 2.24) is 4.90 Å². The van der Waals surface area contributed by atoms with Gasteiger partial charge in [-0.05, 0) is 44.0 Å². The van der Waals surface area contributed by atoms with E-state index in [1.807, 2.05) is 13.0 Å². The fraction of sp³-hybridized carbons (Fsp3) is 0.600. The summed E-state index contributed by atoms with van der Waals surface area (Å²) in [5, 5.41) is 9.54. The van der Waals surface area contributed by atoms with E-state index in [9.17, 15) is 9.50 Å². The van der Waals surface area contributed by atoms with Gasteiger partial charge in [0.25, 0.3) is 0 Å². The Bertz CT molecular complexity index is 411. The molecule has 1 aliphatic rings. The van der Waals surface area contributed by atoms with Crippen molar-refractivity contribution in [1.29, 1.82) is 0 Å². The van der Waals surface area contributed by atoms with E-state index in [1.165, 1.54) is 6.07 Å². The average Bonchev–Trinajstić information content (AvgIpc) is 2.39. The normalized spacial score (nSPS) is 24.1. The second-order valence-corrected chi connectivity index (χ2v) is 5.43. The standard InChI is InChI=1S/C15H23FN2O/c1-11(17)15(12-5-4-6-13(16)9-12)18-8-3-2-7-14(18)10-19/h4-6,9,11,14-15,19H,2-3,7-8,10,17H2,1H3. The van der Waals surface area contributed by atoms with Crippen molar-refractivity contribution in [2.45, 2.75) is 44.3 Å². The van der Waals surface area contributed by atoms with E-state index in [0.29, 0.717) is 0 Å². The predicted octanol–water partition coefficient (Wildman–Crippen LogP) is 2.06. The van der Waals surface area contributed by atoms with Gasteiger partial charge in [0.15, 0.2) is 0 Å². The maximum Gasteiger partial charge on any atom is 0.123 e. The molecule has 0 aliphatic carbocycles. The molecule has 106 valence electrons. The van der Waals surface area contributed by atoms with Gasteiger partial charge in [-0.1, -0.05) is 18.6 Å². The highest BCUT2D eigenvalue weighted by molar-refractivity contribution is 5.22. The Morgan fingerprint density at radius 1 is 1.47 bits per heavy atom. The Balaban J connectivity index is 2.28. The number of piperidine rings is 1.